The number of rotatable bonds is 7. The van der Waals surface area contributed by atoms with Gasteiger partial charge in [0.2, 0.25) is 0 Å². The van der Waals surface area contributed by atoms with Crippen molar-refractivity contribution in [2.45, 2.75) is 59.5 Å². The zero-order valence-corrected chi connectivity index (χ0v) is 13.2. The summed E-state index contributed by atoms with van der Waals surface area (Å²) in [5.74, 6) is -1.40. The van der Waals surface area contributed by atoms with Crippen LogP contribution in [0.5, 0.6) is 0 Å². The lowest BCUT2D eigenvalue weighted by Crippen LogP contribution is -2.41. The predicted octanol–water partition coefficient (Wildman–Crippen LogP) is 2.30. The maximum atomic E-state index is 12.1. The molecule has 0 fully saturated rings. The van der Waals surface area contributed by atoms with Crippen LogP contribution in [-0.2, 0) is 11.3 Å². The zero-order valence-electron chi connectivity index (χ0n) is 13.2. The highest BCUT2D eigenvalue weighted by molar-refractivity contribution is 5.96. The average molecular weight is 295 g/mol. The lowest BCUT2D eigenvalue weighted by atomic mass is 9.88. The smallest absolute Gasteiger partial charge is 0.326 e. The Morgan fingerprint density at radius 3 is 2.62 bits per heavy atom. The maximum absolute atomic E-state index is 12.1. The summed E-state index contributed by atoms with van der Waals surface area (Å²) >= 11 is 0. The van der Waals surface area contributed by atoms with E-state index in [9.17, 15) is 14.7 Å². The van der Waals surface area contributed by atoms with E-state index in [1.165, 1.54) is 6.20 Å². The highest BCUT2D eigenvalue weighted by Crippen LogP contribution is 2.21. The topological polar surface area (TPSA) is 84.2 Å². The molecular formula is C15H25N3O3. The number of aromatic nitrogens is 2. The van der Waals surface area contributed by atoms with E-state index in [4.69, 9.17) is 0 Å². The minimum atomic E-state index is -1.01. The van der Waals surface area contributed by atoms with Crippen molar-refractivity contribution >= 4 is 11.9 Å². The van der Waals surface area contributed by atoms with Crippen LogP contribution >= 0.6 is 0 Å². The zero-order chi connectivity index (χ0) is 16.0. The number of carboxylic acid groups (broad SMARTS) is 1. The van der Waals surface area contributed by atoms with Crippen LogP contribution in [-0.4, -0.2) is 32.8 Å². The van der Waals surface area contributed by atoms with Crippen molar-refractivity contribution in [3.63, 3.8) is 0 Å². The van der Waals surface area contributed by atoms with Gasteiger partial charge in [0.1, 0.15) is 6.04 Å². The van der Waals surface area contributed by atoms with Crippen LogP contribution in [0.2, 0.25) is 0 Å². The monoisotopic (exact) mass is 295 g/mol. The number of hydrogen-bond acceptors (Lipinski definition) is 3. The Kier molecular flexibility index (Phi) is 5.93. The van der Waals surface area contributed by atoms with Crippen molar-refractivity contribution in [2.24, 2.45) is 5.41 Å². The van der Waals surface area contributed by atoms with Crippen LogP contribution in [0.4, 0.5) is 0 Å². The third-order valence-electron chi connectivity index (χ3n) is 3.13. The second-order valence-electron chi connectivity index (χ2n) is 6.46. The summed E-state index contributed by atoms with van der Waals surface area (Å²) in [5, 5.41) is 15.9. The first-order valence-corrected chi connectivity index (χ1v) is 7.29. The number of hydrogen-bond donors (Lipinski definition) is 2. The van der Waals surface area contributed by atoms with Gasteiger partial charge in [-0.05, 0) is 24.7 Å². The van der Waals surface area contributed by atoms with Gasteiger partial charge in [-0.25, -0.2) is 4.79 Å². The number of carbonyl (C=O) groups is 2. The molecule has 0 saturated carbocycles. The molecule has 6 nitrogen and oxygen atoms in total. The summed E-state index contributed by atoms with van der Waals surface area (Å²) < 4.78 is 1.68. The molecule has 1 atom stereocenters. The first-order chi connectivity index (χ1) is 9.73. The summed E-state index contributed by atoms with van der Waals surface area (Å²) in [6.45, 7) is 8.89. The van der Waals surface area contributed by atoms with Gasteiger partial charge < -0.3 is 10.4 Å². The van der Waals surface area contributed by atoms with E-state index in [-0.39, 0.29) is 5.41 Å². The summed E-state index contributed by atoms with van der Waals surface area (Å²) in [5.41, 5.74) is 0.426. The quantitative estimate of drug-likeness (QED) is 0.808. The number of carboxylic acids is 1. The fraction of sp³-hybridized carbons (Fsp3) is 0.667. The largest absolute Gasteiger partial charge is 0.480 e. The molecule has 1 heterocycles. The number of aliphatic carboxylic acids is 1. The summed E-state index contributed by atoms with van der Waals surface area (Å²) in [7, 11) is 0. The Hall–Kier alpha value is -1.85. The Labute approximate surface area is 125 Å². The van der Waals surface area contributed by atoms with Gasteiger partial charge in [-0.3, -0.25) is 9.48 Å². The Morgan fingerprint density at radius 2 is 2.10 bits per heavy atom. The van der Waals surface area contributed by atoms with E-state index in [0.717, 1.165) is 19.4 Å². The van der Waals surface area contributed by atoms with Gasteiger partial charge in [0, 0.05) is 12.7 Å². The molecule has 1 rings (SSSR count). The van der Waals surface area contributed by atoms with Gasteiger partial charge in [-0.15, -0.1) is 0 Å². The van der Waals surface area contributed by atoms with Gasteiger partial charge in [-0.1, -0.05) is 27.7 Å². The molecule has 6 heteroatoms. The van der Waals surface area contributed by atoms with E-state index in [2.05, 4.69) is 10.4 Å². The van der Waals surface area contributed by atoms with Crippen molar-refractivity contribution < 1.29 is 14.7 Å². The van der Waals surface area contributed by atoms with E-state index >= 15 is 0 Å². The molecule has 0 radical (unpaired) electrons. The maximum Gasteiger partial charge on any atom is 0.326 e. The summed E-state index contributed by atoms with van der Waals surface area (Å²) in [4.78, 5) is 23.3. The lowest BCUT2D eigenvalue weighted by molar-refractivity contribution is -0.139. The van der Waals surface area contributed by atoms with E-state index in [1.807, 2.05) is 27.7 Å². The molecule has 0 aliphatic carbocycles. The normalized spacial score (nSPS) is 13.0. The Balaban J connectivity index is 2.65. The fourth-order valence-corrected chi connectivity index (χ4v) is 1.91. The Morgan fingerprint density at radius 1 is 1.43 bits per heavy atom. The first-order valence-electron chi connectivity index (χ1n) is 7.29. The molecule has 0 aromatic carbocycles. The van der Waals surface area contributed by atoms with Crippen molar-refractivity contribution in [1.29, 1.82) is 0 Å². The SMILES string of the molecule is CCCn1cc(C(=O)NC(CCC(C)(C)C)C(=O)O)cn1. The third-order valence-corrected chi connectivity index (χ3v) is 3.13. The minimum Gasteiger partial charge on any atom is -0.480 e. The summed E-state index contributed by atoms with van der Waals surface area (Å²) in [6, 6.07) is -0.869. The van der Waals surface area contributed by atoms with E-state index in [1.54, 1.807) is 10.9 Å². The van der Waals surface area contributed by atoms with Gasteiger partial charge >= 0.3 is 5.97 Å². The molecule has 1 aromatic rings. The highest BCUT2D eigenvalue weighted by Gasteiger charge is 2.23. The molecule has 0 aliphatic heterocycles. The Bertz CT molecular complexity index is 489. The van der Waals surface area contributed by atoms with E-state index < -0.39 is 17.9 Å². The second-order valence-corrected chi connectivity index (χ2v) is 6.46. The molecule has 0 bridgehead atoms. The predicted molar refractivity (Wildman–Crippen MR) is 80.1 cm³/mol. The van der Waals surface area contributed by atoms with Crippen LogP contribution in [0, 0.1) is 5.41 Å². The van der Waals surface area contributed by atoms with Gasteiger partial charge in [-0.2, -0.15) is 5.10 Å². The van der Waals surface area contributed by atoms with Crippen LogP contribution in [0.1, 0.15) is 57.3 Å². The number of nitrogens with zero attached hydrogens (tertiary/aromatic N) is 2. The standard InChI is InChI=1S/C15H25N3O3/c1-5-8-18-10-11(9-16-18)13(19)17-12(14(20)21)6-7-15(2,3)4/h9-10,12H,5-8H2,1-4H3,(H,17,19)(H,20,21). The molecular weight excluding hydrogens is 270 g/mol. The highest BCUT2D eigenvalue weighted by atomic mass is 16.4. The van der Waals surface area contributed by atoms with Gasteiger partial charge in [0.15, 0.2) is 0 Å². The van der Waals surface area contributed by atoms with Crippen LogP contribution in [0.25, 0.3) is 0 Å². The van der Waals surface area contributed by atoms with Gasteiger partial charge in [0.05, 0.1) is 11.8 Å². The van der Waals surface area contributed by atoms with Crippen molar-refractivity contribution in [3.05, 3.63) is 18.0 Å². The molecule has 2 N–H and O–H groups in total. The van der Waals surface area contributed by atoms with Crippen LogP contribution < -0.4 is 5.32 Å². The lowest BCUT2D eigenvalue weighted by Gasteiger charge is -2.21. The van der Waals surface area contributed by atoms with Crippen LogP contribution in [0.3, 0.4) is 0 Å². The third kappa shape index (κ3) is 5.97. The molecule has 0 spiro atoms. The molecule has 118 valence electrons. The van der Waals surface area contributed by atoms with E-state index in [0.29, 0.717) is 12.0 Å². The minimum absolute atomic E-state index is 0.0322. The molecule has 21 heavy (non-hydrogen) atoms. The summed E-state index contributed by atoms with van der Waals surface area (Å²) in [6.07, 6.45) is 5.16. The number of carbonyl (C=O) groups excluding carboxylic acids is 1. The number of amides is 1. The van der Waals surface area contributed by atoms with Crippen molar-refractivity contribution in [1.82, 2.24) is 15.1 Å². The van der Waals surface area contributed by atoms with Crippen molar-refractivity contribution in [3.8, 4) is 0 Å². The number of aryl methyl sites for hydroxylation is 1. The van der Waals surface area contributed by atoms with Crippen molar-refractivity contribution in [2.75, 3.05) is 0 Å². The second kappa shape index (κ2) is 7.24. The molecule has 1 amide bonds. The first kappa shape index (κ1) is 17.2. The number of nitrogens with one attached hydrogen (secondary N) is 1. The van der Waals surface area contributed by atoms with Gasteiger partial charge in [0.25, 0.3) is 5.91 Å². The average Bonchev–Trinajstić information content (AvgIpc) is 2.81. The van der Waals surface area contributed by atoms with Crippen LogP contribution in [0.15, 0.2) is 12.4 Å². The molecule has 1 aromatic heterocycles. The fourth-order valence-electron chi connectivity index (χ4n) is 1.91. The molecule has 0 saturated heterocycles. The molecule has 0 aliphatic rings. The molecule has 1 unspecified atom stereocenters.